The summed E-state index contributed by atoms with van der Waals surface area (Å²) in [5.41, 5.74) is -0.168. The van der Waals surface area contributed by atoms with Gasteiger partial charge in [-0.15, -0.1) is 0 Å². The lowest BCUT2D eigenvalue weighted by molar-refractivity contribution is -0.384. The Labute approximate surface area is 111 Å². The first kappa shape index (κ1) is 14.6. The number of nitro groups is 1. The van der Waals surface area contributed by atoms with Crippen LogP contribution in [-0.4, -0.2) is 21.4 Å². The van der Waals surface area contributed by atoms with Crippen LogP contribution in [0.3, 0.4) is 0 Å². The number of hydrogen-bond acceptors (Lipinski definition) is 5. The summed E-state index contributed by atoms with van der Waals surface area (Å²) in [5.74, 6) is 0.488. The molecule has 0 amide bonds. The molecule has 1 aromatic heterocycles. The summed E-state index contributed by atoms with van der Waals surface area (Å²) in [7, 11) is 0. The van der Waals surface area contributed by atoms with E-state index in [0.29, 0.717) is 12.5 Å². The van der Waals surface area contributed by atoms with E-state index >= 15 is 0 Å². The summed E-state index contributed by atoms with van der Waals surface area (Å²) < 4.78 is 0. The molecule has 0 aliphatic heterocycles. The minimum absolute atomic E-state index is 0.110. The Balaban J connectivity index is 2.86. The van der Waals surface area contributed by atoms with Crippen LogP contribution in [0.15, 0.2) is 6.33 Å². The molecule has 6 nitrogen and oxygen atoms in total. The van der Waals surface area contributed by atoms with Crippen molar-refractivity contribution in [2.45, 2.75) is 27.7 Å². The van der Waals surface area contributed by atoms with E-state index in [1.54, 1.807) is 0 Å². The van der Waals surface area contributed by atoms with Crippen molar-refractivity contribution in [3.05, 3.63) is 21.6 Å². The first-order chi connectivity index (χ1) is 8.23. The second-order valence-corrected chi connectivity index (χ2v) is 5.62. The summed E-state index contributed by atoms with van der Waals surface area (Å²) in [5, 5.41) is 13.7. The number of aromatic nitrogens is 2. The molecule has 18 heavy (non-hydrogen) atoms. The normalized spacial score (nSPS) is 13.2. The molecule has 1 rings (SSSR count). The van der Waals surface area contributed by atoms with Crippen LogP contribution in [0.5, 0.6) is 0 Å². The number of hydrogen-bond donors (Lipinski definition) is 1. The quantitative estimate of drug-likeness (QED) is 0.517. The highest BCUT2D eigenvalue weighted by molar-refractivity contribution is 6.31. The molecule has 0 saturated heterocycles. The SMILES string of the molecule is CC(CNc1ncnc(Cl)c1[N+](=O)[O-])C(C)(C)C. The summed E-state index contributed by atoms with van der Waals surface area (Å²) in [6.45, 7) is 8.99. The predicted molar refractivity (Wildman–Crippen MR) is 70.8 cm³/mol. The van der Waals surface area contributed by atoms with Crippen molar-refractivity contribution in [3.63, 3.8) is 0 Å². The van der Waals surface area contributed by atoms with Gasteiger partial charge in [0.25, 0.3) is 0 Å². The maximum absolute atomic E-state index is 10.9. The van der Waals surface area contributed by atoms with Gasteiger partial charge >= 0.3 is 5.69 Å². The van der Waals surface area contributed by atoms with Crippen molar-refractivity contribution in [1.29, 1.82) is 0 Å². The third-order valence-corrected chi connectivity index (χ3v) is 3.29. The molecule has 1 atom stereocenters. The molecule has 0 aliphatic rings. The van der Waals surface area contributed by atoms with Crippen LogP contribution in [0, 0.1) is 21.4 Å². The van der Waals surface area contributed by atoms with Crippen molar-refractivity contribution < 1.29 is 4.92 Å². The zero-order valence-electron chi connectivity index (χ0n) is 10.9. The van der Waals surface area contributed by atoms with Gasteiger partial charge < -0.3 is 5.32 Å². The lowest BCUT2D eigenvalue weighted by Crippen LogP contribution is -2.25. The van der Waals surface area contributed by atoms with E-state index in [0.717, 1.165) is 0 Å². The minimum atomic E-state index is -0.577. The largest absolute Gasteiger partial charge is 0.364 e. The van der Waals surface area contributed by atoms with Gasteiger partial charge in [0.2, 0.25) is 11.0 Å². The Kier molecular flexibility index (Phi) is 4.45. The average Bonchev–Trinajstić information content (AvgIpc) is 2.23. The zero-order chi connectivity index (χ0) is 13.9. The molecule has 0 aliphatic carbocycles. The maximum atomic E-state index is 10.9. The molecule has 0 bridgehead atoms. The highest BCUT2D eigenvalue weighted by atomic mass is 35.5. The van der Waals surface area contributed by atoms with Gasteiger partial charge in [-0.1, -0.05) is 39.3 Å². The molecule has 0 radical (unpaired) electrons. The number of halogens is 1. The third kappa shape index (κ3) is 3.53. The fraction of sp³-hybridized carbons (Fsp3) is 0.636. The fourth-order valence-corrected chi connectivity index (χ4v) is 1.41. The van der Waals surface area contributed by atoms with Gasteiger partial charge in [0, 0.05) is 6.54 Å². The predicted octanol–water partition coefficient (Wildman–Crippen LogP) is 3.13. The van der Waals surface area contributed by atoms with E-state index in [1.807, 2.05) is 0 Å². The Hall–Kier alpha value is -1.43. The first-order valence-electron chi connectivity index (χ1n) is 5.62. The van der Waals surface area contributed by atoms with Gasteiger partial charge in [0.1, 0.15) is 6.33 Å². The van der Waals surface area contributed by atoms with Gasteiger partial charge in [-0.2, -0.15) is 0 Å². The van der Waals surface area contributed by atoms with Crippen molar-refractivity contribution in [2.75, 3.05) is 11.9 Å². The van der Waals surface area contributed by atoms with Gasteiger partial charge in [-0.3, -0.25) is 10.1 Å². The molecule has 7 heteroatoms. The van der Waals surface area contributed by atoms with Gasteiger partial charge in [-0.25, -0.2) is 9.97 Å². The van der Waals surface area contributed by atoms with Gasteiger partial charge in [-0.05, 0) is 11.3 Å². The van der Waals surface area contributed by atoms with Crippen LogP contribution in [0.2, 0.25) is 5.15 Å². The molecule has 0 aromatic carbocycles. The van der Waals surface area contributed by atoms with Crippen LogP contribution in [-0.2, 0) is 0 Å². The Bertz CT molecular complexity index is 445. The van der Waals surface area contributed by atoms with Crippen molar-refractivity contribution >= 4 is 23.1 Å². The molecule has 1 unspecified atom stereocenters. The van der Waals surface area contributed by atoms with Crippen LogP contribution >= 0.6 is 11.6 Å². The summed E-state index contributed by atoms with van der Waals surface area (Å²) in [6, 6.07) is 0. The van der Waals surface area contributed by atoms with E-state index in [-0.39, 0.29) is 22.1 Å². The standard InChI is InChI=1S/C11H17ClN4O2/c1-7(11(2,3)4)5-13-10-8(16(17)18)9(12)14-6-15-10/h6-7H,5H2,1-4H3,(H,13,14,15). The molecular formula is C11H17ClN4O2. The summed E-state index contributed by atoms with van der Waals surface area (Å²) in [6.07, 6.45) is 1.21. The number of nitrogens with one attached hydrogen (secondary N) is 1. The Morgan fingerprint density at radius 2 is 2.11 bits per heavy atom. The van der Waals surface area contributed by atoms with E-state index in [4.69, 9.17) is 11.6 Å². The lowest BCUT2D eigenvalue weighted by Gasteiger charge is -2.27. The molecular weight excluding hydrogens is 256 g/mol. The number of rotatable bonds is 4. The molecule has 0 spiro atoms. The fourth-order valence-electron chi connectivity index (χ4n) is 1.20. The number of anilines is 1. The van der Waals surface area contributed by atoms with Gasteiger partial charge in [0.15, 0.2) is 0 Å². The summed E-state index contributed by atoms with van der Waals surface area (Å²) >= 11 is 5.70. The van der Waals surface area contributed by atoms with Crippen molar-refractivity contribution in [3.8, 4) is 0 Å². The molecule has 0 fully saturated rings. The monoisotopic (exact) mass is 272 g/mol. The van der Waals surface area contributed by atoms with Crippen molar-refractivity contribution in [1.82, 2.24) is 9.97 Å². The van der Waals surface area contributed by atoms with E-state index in [1.165, 1.54) is 6.33 Å². The Morgan fingerprint density at radius 3 is 2.61 bits per heavy atom. The second kappa shape index (κ2) is 5.48. The average molecular weight is 273 g/mol. The van der Waals surface area contributed by atoms with E-state index in [9.17, 15) is 10.1 Å². The highest BCUT2D eigenvalue weighted by Crippen LogP contribution is 2.30. The maximum Gasteiger partial charge on any atom is 0.348 e. The number of nitrogens with zero attached hydrogens (tertiary/aromatic N) is 3. The first-order valence-corrected chi connectivity index (χ1v) is 6.00. The van der Waals surface area contributed by atoms with Crippen LogP contribution in [0.25, 0.3) is 0 Å². The smallest absolute Gasteiger partial charge is 0.348 e. The van der Waals surface area contributed by atoms with E-state index < -0.39 is 4.92 Å². The Morgan fingerprint density at radius 1 is 1.50 bits per heavy atom. The molecule has 100 valence electrons. The zero-order valence-corrected chi connectivity index (χ0v) is 11.7. The van der Waals surface area contributed by atoms with Crippen LogP contribution < -0.4 is 5.32 Å². The molecule has 1 heterocycles. The molecule has 0 saturated carbocycles. The third-order valence-electron chi connectivity index (χ3n) is 3.01. The second-order valence-electron chi connectivity index (χ2n) is 5.27. The topological polar surface area (TPSA) is 81.0 Å². The van der Waals surface area contributed by atoms with Crippen LogP contribution in [0.1, 0.15) is 27.7 Å². The summed E-state index contributed by atoms with van der Waals surface area (Å²) in [4.78, 5) is 17.8. The lowest BCUT2D eigenvalue weighted by atomic mass is 9.82. The van der Waals surface area contributed by atoms with Gasteiger partial charge in [0.05, 0.1) is 4.92 Å². The molecule has 1 N–H and O–H groups in total. The molecule has 1 aromatic rings. The van der Waals surface area contributed by atoms with Crippen molar-refractivity contribution in [2.24, 2.45) is 11.3 Å². The van der Waals surface area contributed by atoms with E-state index in [2.05, 4.69) is 43.0 Å². The minimum Gasteiger partial charge on any atom is -0.364 e. The van der Waals surface area contributed by atoms with Crippen LogP contribution in [0.4, 0.5) is 11.5 Å². The highest BCUT2D eigenvalue weighted by Gasteiger charge is 2.24.